The lowest BCUT2D eigenvalue weighted by Crippen LogP contribution is -2.19. The molecule has 0 saturated heterocycles. The molecule has 122 valence electrons. The third-order valence-electron chi connectivity index (χ3n) is 3.41. The highest BCUT2D eigenvalue weighted by atomic mass is 35.5. The summed E-state index contributed by atoms with van der Waals surface area (Å²) in [7, 11) is 1.63. The van der Waals surface area contributed by atoms with E-state index in [1.807, 2.05) is 24.3 Å². The Morgan fingerprint density at radius 2 is 2.17 bits per heavy atom. The van der Waals surface area contributed by atoms with Crippen molar-refractivity contribution >= 4 is 34.0 Å². The van der Waals surface area contributed by atoms with Crippen LogP contribution in [0.4, 0.5) is 5.13 Å². The van der Waals surface area contributed by atoms with Crippen molar-refractivity contribution < 1.29 is 4.79 Å². The average molecular weight is 360 g/mol. The van der Waals surface area contributed by atoms with E-state index in [9.17, 15) is 9.59 Å². The Balaban J connectivity index is 1.70. The number of carbonyl (C=O) groups is 1. The fourth-order valence-corrected chi connectivity index (χ4v) is 3.21. The van der Waals surface area contributed by atoms with Gasteiger partial charge < -0.3 is 4.57 Å². The second-order valence-electron chi connectivity index (χ2n) is 5.26. The number of aromatic nitrogens is 2. The summed E-state index contributed by atoms with van der Waals surface area (Å²) in [6.07, 6.45) is 3.98. The molecule has 5 nitrogen and oxygen atoms in total. The van der Waals surface area contributed by atoms with Crippen LogP contribution >= 0.6 is 22.9 Å². The van der Waals surface area contributed by atoms with E-state index in [2.05, 4.69) is 10.3 Å². The molecule has 0 unspecified atom stereocenters. The third kappa shape index (κ3) is 3.90. The van der Waals surface area contributed by atoms with E-state index in [4.69, 9.17) is 11.6 Å². The van der Waals surface area contributed by atoms with Crippen molar-refractivity contribution in [3.8, 4) is 0 Å². The van der Waals surface area contributed by atoms with Crippen molar-refractivity contribution in [3.63, 3.8) is 0 Å². The zero-order chi connectivity index (χ0) is 17.1. The smallest absolute Gasteiger partial charge is 0.257 e. The normalized spacial score (nSPS) is 10.6. The molecule has 7 heteroatoms. The van der Waals surface area contributed by atoms with Crippen molar-refractivity contribution in [3.05, 3.63) is 80.2 Å². The van der Waals surface area contributed by atoms with E-state index >= 15 is 0 Å². The molecule has 24 heavy (non-hydrogen) atoms. The number of hydrogen-bond donors (Lipinski definition) is 1. The quantitative estimate of drug-likeness (QED) is 0.777. The van der Waals surface area contributed by atoms with Crippen molar-refractivity contribution in [2.45, 2.75) is 6.42 Å². The van der Waals surface area contributed by atoms with Crippen molar-refractivity contribution in [1.82, 2.24) is 9.55 Å². The molecule has 2 heterocycles. The van der Waals surface area contributed by atoms with Gasteiger partial charge in [-0.2, -0.15) is 0 Å². The molecule has 0 saturated carbocycles. The van der Waals surface area contributed by atoms with Crippen LogP contribution < -0.4 is 10.9 Å². The molecule has 0 spiro atoms. The van der Waals surface area contributed by atoms with Gasteiger partial charge in [0.05, 0.1) is 0 Å². The fraction of sp³-hybridized carbons (Fsp3) is 0.118. The van der Waals surface area contributed by atoms with Gasteiger partial charge in [-0.3, -0.25) is 14.9 Å². The number of anilines is 1. The van der Waals surface area contributed by atoms with Crippen molar-refractivity contribution in [1.29, 1.82) is 0 Å². The van der Waals surface area contributed by atoms with E-state index in [1.165, 1.54) is 22.0 Å². The molecule has 1 amide bonds. The van der Waals surface area contributed by atoms with E-state index in [0.717, 1.165) is 10.4 Å². The Hall–Kier alpha value is -2.44. The van der Waals surface area contributed by atoms with Gasteiger partial charge in [-0.25, -0.2) is 4.98 Å². The number of benzene rings is 1. The number of carbonyl (C=O) groups excluding carboxylic acids is 1. The third-order valence-corrected chi connectivity index (χ3v) is 4.56. The summed E-state index contributed by atoms with van der Waals surface area (Å²) in [4.78, 5) is 29.0. The standard InChI is InChI=1S/C17H14ClN3O2S/c1-21-6-5-12(9-15(21)22)16(23)20-17-19-10-14(24-17)8-11-3-2-4-13(18)7-11/h2-7,9-10H,8H2,1H3,(H,19,20,23). The van der Waals surface area contributed by atoms with Gasteiger partial charge in [0.1, 0.15) is 0 Å². The van der Waals surface area contributed by atoms with E-state index in [1.54, 1.807) is 25.5 Å². The van der Waals surface area contributed by atoms with Gasteiger partial charge in [-0.1, -0.05) is 23.7 Å². The summed E-state index contributed by atoms with van der Waals surface area (Å²) in [5.74, 6) is -0.351. The van der Waals surface area contributed by atoms with E-state index < -0.39 is 0 Å². The van der Waals surface area contributed by atoms with Gasteiger partial charge in [0.25, 0.3) is 11.5 Å². The Labute approximate surface area is 147 Å². The van der Waals surface area contributed by atoms with Gasteiger partial charge >= 0.3 is 0 Å². The molecular formula is C17H14ClN3O2S. The molecule has 0 aliphatic rings. The van der Waals surface area contributed by atoms with Gasteiger partial charge in [0.2, 0.25) is 0 Å². The largest absolute Gasteiger partial charge is 0.319 e. The average Bonchev–Trinajstić information content (AvgIpc) is 2.97. The lowest BCUT2D eigenvalue weighted by molar-refractivity contribution is 0.102. The van der Waals surface area contributed by atoms with Crippen LogP contribution in [0.3, 0.4) is 0 Å². The number of thiazole rings is 1. The number of hydrogen-bond acceptors (Lipinski definition) is 4. The Kier molecular flexibility index (Phi) is 4.78. The molecule has 0 radical (unpaired) electrons. The minimum absolute atomic E-state index is 0.233. The fourth-order valence-electron chi connectivity index (χ4n) is 2.15. The maximum Gasteiger partial charge on any atom is 0.257 e. The van der Waals surface area contributed by atoms with Crippen LogP contribution in [-0.4, -0.2) is 15.5 Å². The number of pyridine rings is 1. The van der Waals surface area contributed by atoms with Crippen LogP contribution in [0.1, 0.15) is 20.8 Å². The number of nitrogens with zero attached hydrogens (tertiary/aromatic N) is 2. The number of halogens is 1. The van der Waals surface area contributed by atoms with Gasteiger partial charge in [0.15, 0.2) is 5.13 Å². The number of aryl methyl sites for hydroxylation is 1. The molecule has 0 fully saturated rings. The van der Waals surface area contributed by atoms with Crippen LogP contribution in [0.5, 0.6) is 0 Å². The summed E-state index contributed by atoms with van der Waals surface area (Å²) in [6, 6.07) is 10.5. The molecule has 0 aliphatic heterocycles. The molecule has 3 aromatic rings. The minimum atomic E-state index is -0.351. The highest BCUT2D eigenvalue weighted by Crippen LogP contribution is 2.22. The number of nitrogens with one attached hydrogen (secondary N) is 1. The van der Waals surface area contributed by atoms with Crippen LogP contribution in [0, 0.1) is 0 Å². The summed E-state index contributed by atoms with van der Waals surface area (Å²) in [5.41, 5.74) is 1.16. The first-order valence-corrected chi connectivity index (χ1v) is 8.38. The summed E-state index contributed by atoms with van der Waals surface area (Å²) in [5, 5.41) is 3.91. The van der Waals surface area contributed by atoms with Crippen LogP contribution in [-0.2, 0) is 13.5 Å². The number of amides is 1. The first kappa shape index (κ1) is 16.4. The van der Waals surface area contributed by atoms with Crippen LogP contribution in [0.2, 0.25) is 5.02 Å². The SMILES string of the molecule is Cn1ccc(C(=O)Nc2ncc(Cc3cccc(Cl)c3)s2)cc1=O. The Morgan fingerprint density at radius 3 is 2.92 bits per heavy atom. The highest BCUT2D eigenvalue weighted by molar-refractivity contribution is 7.15. The monoisotopic (exact) mass is 359 g/mol. The minimum Gasteiger partial charge on any atom is -0.319 e. The molecule has 2 aromatic heterocycles. The molecule has 1 aromatic carbocycles. The molecule has 0 bridgehead atoms. The topological polar surface area (TPSA) is 64.0 Å². The van der Waals surface area contributed by atoms with E-state index in [-0.39, 0.29) is 11.5 Å². The summed E-state index contributed by atoms with van der Waals surface area (Å²) < 4.78 is 1.41. The summed E-state index contributed by atoms with van der Waals surface area (Å²) in [6.45, 7) is 0. The second kappa shape index (κ2) is 6.98. The lowest BCUT2D eigenvalue weighted by Gasteiger charge is -2.02. The van der Waals surface area contributed by atoms with Gasteiger partial charge in [-0.15, -0.1) is 11.3 Å². The predicted molar refractivity (Wildman–Crippen MR) is 96.0 cm³/mol. The first-order valence-electron chi connectivity index (χ1n) is 7.18. The second-order valence-corrected chi connectivity index (χ2v) is 6.81. The van der Waals surface area contributed by atoms with Gasteiger partial charge in [-0.05, 0) is 23.8 Å². The molecule has 3 rings (SSSR count). The first-order chi connectivity index (χ1) is 11.5. The number of rotatable bonds is 4. The molecule has 0 aliphatic carbocycles. The van der Waals surface area contributed by atoms with E-state index in [0.29, 0.717) is 22.1 Å². The van der Waals surface area contributed by atoms with Crippen LogP contribution in [0.15, 0.2) is 53.6 Å². The Bertz CT molecular complexity index is 949. The molecule has 1 N–H and O–H groups in total. The molecule has 0 atom stereocenters. The Morgan fingerprint density at radius 1 is 1.33 bits per heavy atom. The zero-order valence-electron chi connectivity index (χ0n) is 12.8. The van der Waals surface area contributed by atoms with Crippen molar-refractivity contribution in [2.75, 3.05) is 5.32 Å². The maximum atomic E-state index is 12.2. The van der Waals surface area contributed by atoms with Gasteiger partial charge in [0, 0.05) is 47.4 Å². The lowest BCUT2D eigenvalue weighted by atomic mass is 10.1. The predicted octanol–water partition coefficient (Wildman–Crippen LogP) is 3.34. The molecular weight excluding hydrogens is 346 g/mol. The summed E-state index contributed by atoms with van der Waals surface area (Å²) >= 11 is 7.37. The maximum absolute atomic E-state index is 12.2. The van der Waals surface area contributed by atoms with Crippen LogP contribution in [0.25, 0.3) is 0 Å². The zero-order valence-corrected chi connectivity index (χ0v) is 14.4. The highest BCUT2D eigenvalue weighted by Gasteiger charge is 2.10. The van der Waals surface area contributed by atoms with Crippen molar-refractivity contribution in [2.24, 2.45) is 7.05 Å².